The van der Waals surface area contributed by atoms with Crippen LogP contribution in [0.1, 0.15) is 55.6 Å². The SMILES string of the molecule is O=C(C[C@@H]1C[C@H]2c3cc(NC(=O)NC4CCCC4)ccc3O[C@H]2[C@@H](CO)O1)NCc1cccnc1. The van der Waals surface area contributed by atoms with Crippen molar-refractivity contribution in [2.24, 2.45) is 0 Å². The van der Waals surface area contributed by atoms with Crippen LogP contribution in [0.5, 0.6) is 5.75 Å². The summed E-state index contributed by atoms with van der Waals surface area (Å²) in [7, 11) is 0. The first kappa shape index (κ1) is 23.6. The van der Waals surface area contributed by atoms with Crippen molar-refractivity contribution in [1.29, 1.82) is 0 Å². The molecule has 3 heterocycles. The molecule has 0 unspecified atom stereocenters. The number of rotatable bonds is 7. The van der Waals surface area contributed by atoms with Gasteiger partial charge in [-0.2, -0.15) is 0 Å². The second kappa shape index (κ2) is 10.6. The quantitative estimate of drug-likeness (QED) is 0.484. The number of benzene rings is 1. The standard InChI is InChI=1S/C26H32N4O5/c31-15-23-25-21(11-19(34-23)12-24(32)28-14-16-4-3-9-27-13-16)20-10-18(7-8-22(20)35-25)30-26(33)29-17-5-1-2-6-17/h3-4,7-10,13,17,19,21,23,25,31H,1-2,5-6,11-12,14-15H2,(H,28,32)(H2,29,30,33)/t19-,21-,23+,25+/m0/s1. The molecule has 2 fully saturated rings. The van der Waals surface area contributed by atoms with Crippen LogP contribution in [-0.2, 0) is 16.1 Å². The van der Waals surface area contributed by atoms with E-state index in [1.807, 2.05) is 30.3 Å². The summed E-state index contributed by atoms with van der Waals surface area (Å²) in [5.74, 6) is 0.573. The fraction of sp³-hybridized carbons (Fsp3) is 0.500. The number of carbonyl (C=O) groups is 2. The zero-order valence-corrected chi connectivity index (χ0v) is 19.6. The number of nitrogens with zero attached hydrogens (tertiary/aromatic N) is 1. The largest absolute Gasteiger partial charge is 0.487 e. The molecule has 35 heavy (non-hydrogen) atoms. The highest BCUT2D eigenvalue weighted by molar-refractivity contribution is 5.89. The van der Waals surface area contributed by atoms with Crippen LogP contribution in [0.2, 0.25) is 0 Å². The Morgan fingerprint density at radius 3 is 2.80 bits per heavy atom. The van der Waals surface area contributed by atoms with Crippen LogP contribution in [0.4, 0.5) is 10.5 Å². The van der Waals surface area contributed by atoms with Crippen LogP contribution in [0.3, 0.4) is 0 Å². The summed E-state index contributed by atoms with van der Waals surface area (Å²) in [6.07, 6.45) is 7.34. The molecule has 4 N–H and O–H groups in total. The van der Waals surface area contributed by atoms with Crippen LogP contribution in [0.25, 0.3) is 0 Å². The summed E-state index contributed by atoms with van der Waals surface area (Å²) in [5, 5.41) is 18.8. The van der Waals surface area contributed by atoms with E-state index >= 15 is 0 Å². The number of ether oxygens (including phenoxy) is 2. The number of urea groups is 1. The molecule has 2 aromatic rings. The summed E-state index contributed by atoms with van der Waals surface area (Å²) >= 11 is 0. The molecule has 4 atom stereocenters. The normalized spacial score (nSPS) is 25.3. The van der Waals surface area contributed by atoms with E-state index < -0.39 is 6.10 Å². The minimum atomic E-state index is -0.528. The fourth-order valence-electron chi connectivity index (χ4n) is 5.37. The van der Waals surface area contributed by atoms with Gasteiger partial charge in [-0.15, -0.1) is 0 Å². The van der Waals surface area contributed by atoms with Gasteiger partial charge in [0.25, 0.3) is 0 Å². The van der Waals surface area contributed by atoms with Crippen LogP contribution < -0.4 is 20.7 Å². The summed E-state index contributed by atoms with van der Waals surface area (Å²) in [6.45, 7) is 0.205. The van der Waals surface area contributed by atoms with Crippen LogP contribution in [0, 0.1) is 0 Å². The van der Waals surface area contributed by atoms with Gasteiger partial charge in [0.05, 0.1) is 19.1 Å². The van der Waals surface area contributed by atoms with Gasteiger partial charge in [-0.25, -0.2) is 4.79 Å². The number of anilines is 1. The van der Waals surface area contributed by atoms with Gasteiger partial charge >= 0.3 is 6.03 Å². The molecule has 1 saturated heterocycles. The molecular formula is C26H32N4O5. The molecule has 1 aromatic carbocycles. The minimum Gasteiger partial charge on any atom is -0.487 e. The molecule has 0 spiro atoms. The monoisotopic (exact) mass is 480 g/mol. The predicted molar refractivity (Wildman–Crippen MR) is 129 cm³/mol. The summed E-state index contributed by atoms with van der Waals surface area (Å²) < 4.78 is 12.2. The van der Waals surface area contributed by atoms with Crippen molar-refractivity contribution in [2.75, 3.05) is 11.9 Å². The van der Waals surface area contributed by atoms with Gasteiger partial charge in [0.1, 0.15) is 18.0 Å². The van der Waals surface area contributed by atoms with Crippen molar-refractivity contribution in [3.05, 3.63) is 53.9 Å². The van der Waals surface area contributed by atoms with E-state index in [2.05, 4.69) is 20.9 Å². The number of fused-ring (bicyclic) bond motifs is 3. The van der Waals surface area contributed by atoms with Gasteiger partial charge in [0.15, 0.2) is 0 Å². The first-order chi connectivity index (χ1) is 17.1. The Morgan fingerprint density at radius 1 is 1.17 bits per heavy atom. The number of nitrogens with one attached hydrogen (secondary N) is 3. The lowest BCUT2D eigenvalue weighted by atomic mass is 9.84. The molecule has 9 heteroatoms. The summed E-state index contributed by atoms with van der Waals surface area (Å²) in [4.78, 5) is 29.1. The second-order valence-electron chi connectivity index (χ2n) is 9.58. The Kier molecular flexibility index (Phi) is 7.15. The van der Waals surface area contributed by atoms with E-state index in [0.29, 0.717) is 18.7 Å². The zero-order valence-electron chi connectivity index (χ0n) is 19.6. The van der Waals surface area contributed by atoms with Gasteiger partial charge in [-0.05, 0) is 49.1 Å². The van der Waals surface area contributed by atoms with Crippen LogP contribution in [0.15, 0.2) is 42.7 Å². The Hall–Kier alpha value is -3.17. The average molecular weight is 481 g/mol. The Labute approximate surface area is 204 Å². The number of hydrogen-bond donors (Lipinski definition) is 4. The number of pyridine rings is 1. The Balaban J connectivity index is 1.22. The molecule has 1 aromatic heterocycles. The third-order valence-corrected chi connectivity index (χ3v) is 7.07. The first-order valence-electron chi connectivity index (χ1n) is 12.4. The van der Waals surface area contributed by atoms with Crippen molar-refractivity contribution in [3.8, 4) is 5.75 Å². The molecular weight excluding hydrogens is 448 g/mol. The number of carbonyl (C=O) groups excluding carboxylic acids is 2. The van der Waals surface area contributed by atoms with Gasteiger partial charge < -0.3 is 30.5 Å². The highest BCUT2D eigenvalue weighted by Gasteiger charge is 2.46. The maximum Gasteiger partial charge on any atom is 0.319 e. The number of aliphatic hydroxyl groups is 1. The molecule has 186 valence electrons. The lowest BCUT2D eigenvalue weighted by molar-refractivity contribution is -0.142. The topological polar surface area (TPSA) is 122 Å². The number of aliphatic hydroxyl groups excluding tert-OH is 1. The smallest absolute Gasteiger partial charge is 0.319 e. The summed E-state index contributed by atoms with van der Waals surface area (Å²) in [6, 6.07) is 9.39. The van der Waals surface area contributed by atoms with Crippen LogP contribution >= 0.6 is 0 Å². The molecule has 0 radical (unpaired) electrons. The van der Waals surface area contributed by atoms with E-state index in [0.717, 1.165) is 42.6 Å². The fourth-order valence-corrected chi connectivity index (χ4v) is 5.37. The highest BCUT2D eigenvalue weighted by atomic mass is 16.6. The van der Waals surface area contributed by atoms with Gasteiger partial charge in [-0.3, -0.25) is 9.78 Å². The molecule has 5 rings (SSSR count). The Bertz CT molecular complexity index is 1040. The maximum atomic E-state index is 12.6. The predicted octanol–water partition coefficient (Wildman–Crippen LogP) is 2.85. The van der Waals surface area contributed by atoms with Crippen molar-refractivity contribution < 1.29 is 24.2 Å². The molecule has 3 aliphatic rings. The van der Waals surface area contributed by atoms with Crippen LogP contribution in [-0.4, -0.2) is 53.0 Å². The van der Waals surface area contributed by atoms with Crippen molar-refractivity contribution in [1.82, 2.24) is 15.6 Å². The number of hydrogen-bond acceptors (Lipinski definition) is 6. The van der Waals surface area contributed by atoms with E-state index in [9.17, 15) is 14.7 Å². The van der Waals surface area contributed by atoms with Gasteiger partial charge in [0, 0.05) is 42.1 Å². The van der Waals surface area contributed by atoms with Crippen molar-refractivity contribution >= 4 is 17.6 Å². The minimum absolute atomic E-state index is 0.0355. The zero-order chi connectivity index (χ0) is 24.2. The van der Waals surface area contributed by atoms with E-state index in [1.165, 1.54) is 0 Å². The Morgan fingerprint density at radius 2 is 2.03 bits per heavy atom. The number of amides is 3. The molecule has 1 aliphatic carbocycles. The lowest BCUT2D eigenvalue weighted by Crippen LogP contribution is -2.47. The number of aromatic nitrogens is 1. The van der Waals surface area contributed by atoms with Gasteiger partial charge in [0.2, 0.25) is 5.91 Å². The molecule has 2 aliphatic heterocycles. The first-order valence-corrected chi connectivity index (χ1v) is 12.4. The van der Waals surface area contributed by atoms with Crippen molar-refractivity contribution in [2.45, 2.75) is 75.3 Å². The molecule has 9 nitrogen and oxygen atoms in total. The highest BCUT2D eigenvalue weighted by Crippen LogP contribution is 2.47. The summed E-state index contributed by atoms with van der Waals surface area (Å²) in [5.41, 5.74) is 2.59. The average Bonchev–Trinajstić information content (AvgIpc) is 3.50. The van der Waals surface area contributed by atoms with E-state index in [4.69, 9.17) is 9.47 Å². The molecule has 1 saturated carbocycles. The molecule has 0 bridgehead atoms. The van der Waals surface area contributed by atoms with E-state index in [-0.39, 0.29) is 49.1 Å². The molecule has 3 amide bonds. The second-order valence-corrected chi connectivity index (χ2v) is 9.58. The van der Waals surface area contributed by atoms with E-state index in [1.54, 1.807) is 12.4 Å². The van der Waals surface area contributed by atoms with Crippen molar-refractivity contribution in [3.63, 3.8) is 0 Å². The lowest BCUT2D eigenvalue weighted by Gasteiger charge is -2.37. The third-order valence-electron chi connectivity index (χ3n) is 7.07. The third kappa shape index (κ3) is 5.57. The maximum absolute atomic E-state index is 12.6. The van der Waals surface area contributed by atoms with Gasteiger partial charge in [-0.1, -0.05) is 18.9 Å².